The van der Waals surface area contributed by atoms with Crippen LogP contribution in [-0.4, -0.2) is 18.7 Å². The van der Waals surface area contributed by atoms with Crippen molar-refractivity contribution in [3.63, 3.8) is 0 Å². The number of amides is 1. The van der Waals surface area contributed by atoms with Gasteiger partial charge in [-0.05, 0) is 74.1 Å². The monoisotopic (exact) mass is 442 g/mol. The van der Waals surface area contributed by atoms with Gasteiger partial charge in [-0.15, -0.1) is 11.3 Å². The number of hydrogen-bond acceptors (Lipinski definition) is 5. The molecule has 1 aliphatic carbocycles. The van der Waals surface area contributed by atoms with Crippen LogP contribution >= 0.6 is 22.9 Å². The number of aryl methyl sites for hydroxylation is 1. The molecule has 0 bridgehead atoms. The van der Waals surface area contributed by atoms with Gasteiger partial charge in [-0.2, -0.15) is 0 Å². The Bertz CT molecular complexity index is 1060. The van der Waals surface area contributed by atoms with E-state index in [0.29, 0.717) is 29.5 Å². The van der Waals surface area contributed by atoms with Crippen molar-refractivity contribution in [3.8, 4) is 5.75 Å². The van der Waals surface area contributed by atoms with Gasteiger partial charge in [0.25, 0.3) is 5.91 Å². The molecule has 30 heavy (non-hydrogen) atoms. The van der Waals surface area contributed by atoms with Gasteiger partial charge < -0.3 is 14.5 Å². The molecule has 0 saturated heterocycles. The fraction of sp³-hybridized carbons (Fsp3) is 0.304. The van der Waals surface area contributed by atoms with E-state index in [4.69, 9.17) is 20.8 Å². The number of aliphatic imine (C=N–C) groups is 1. The van der Waals surface area contributed by atoms with E-state index in [1.807, 2.05) is 37.3 Å². The van der Waals surface area contributed by atoms with Gasteiger partial charge in [0.05, 0.1) is 30.0 Å². The Morgan fingerprint density at radius 2 is 2.20 bits per heavy atom. The third kappa shape index (κ3) is 4.60. The van der Waals surface area contributed by atoms with Crippen molar-refractivity contribution in [3.05, 3.63) is 68.9 Å². The second-order valence-corrected chi connectivity index (χ2v) is 8.52. The van der Waals surface area contributed by atoms with Gasteiger partial charge in [-0.1, -0.05) is 11.6 Å². The summed E-state index contributed by atoms with van der Waals surface area (Å²) < 4.78 is 10.8. The number of carbonyl (C=O) groups excluding carboxylic acids is 1. The third-order valence-corrected chi connectivity index (χ3v) is 6.46. The normalized spacial score (nSPS) is 13.4. The zero-order valence-electron chi connectivity index (χ0n) is 16.7. The van der Waals surface area contributed by atoms with Gasteiger partial charge in [0.2, 0.25) is 0 Å². The molecule has 1 aromatic carbocycles. The molecule has 5 nitrogen and oxygen atoms in total. The Kier molecular flexibility index (Phi) is 6.55. The predicted octanol–water partition coefficient (Wildman–Crippen LogP) is 5.95. The first-order valence-electron chi connectivity index (χ1n) is 10.1. The van der Waals surface area contributed by atoms with Gasteiger partial charge in [-0.25, -0.2) is 4.99 Å². The van der Waals surface area contributed by atoms with Crippen molar-refractivity contribution in [2.24, 2.45) is 4.99 Å². The molecule has 2 heterocycles. The lowest BCUT2D eigenvalue weighted by Gasteiger charge is -2.12. The number of carbonyl (C=O) groups is 1. The van der Waals surface area contributed by atoms with Crippen LogP contribution in [0, 0.1) is 0 Å². The lowest BCUT2D eigenvalue weighted by atomic mass is 9.95. The average molecular weight is 443 g/mol. The Labute approximate surface area is 184 Å². The molecule has 1 N–H and O–H groups in total. The van der Waals surface area contributed by atoms with Gasteiger partial charge >= 0.3 is 0 Å². The molecule has 0 aliphatic heterocycles. The van der Waals surface area contributed by atoms with Crippen molar-refractivity contribution in [2.75, 3.05) is 6.61 Å². The molecular weight excluding hydrogens is 420 g/mol. The van der Waals surface area contributed by atoms with E-state index in [1.54, 1.807) is 23.8 Å². The molecule has 7 heteroatoms. The van der Waals surface area contributed by atoms with E-state index in [9.17, 15) is 4.79 Å². The molecule has 3 aromatic rings. The zero-order chi connectivity index (χ0) is 20.9. The topological polar surface area (TPSA) is 63.8 Å². The summed E-state index contributed by atoms with van der Waals surface area (Å²) in [7, 11) is 0. The summed E-state index contributed by atoms with van der Waals surface area (Å²) in [6, 6.07) is 9.22. The molecule has 156 valence electrons. The third-order valence-electron chi connectivity index (χ3n) is 4.97. The number of furan rings is 1. The number of fused-ring (bicyclic) bond motifs is 1. The van der Waals surface area contributed by atoms with Crippen molar-refractivity contribution in [1.82, 2.24) is 5.32 Å². The van der Waals surface area contributed by atoms with Crippen LogP contribution in [0.1, 0.15) is 51.9 Å². The summed E-state index contributed by atoms with van der Waals surface area (Å²) >= 11 is 7.90. The molecule has 0 atom stereocenters. The van der Waals surface area contributed by atoms with Crippen molar-refractivity contribution >= 4 is 40.1 Å². The van der Waals surface area contributed by atoms with E-state index in [-0.39, 0.29) is 5.91 Å². The SMILES string of the molecule is CCOc1ccc(C=Nc2sc3c(c2C(=O)NCc2ccco2)CCCC3)cc1Cl. The highest BCUT2D eigenvalue weighted by Gasteiger charge is 2.25. The lowest BCUT2D eigenvalue weighted by Crippen LogP contribution is -2.23. The minimum atomic E-state index is -0.109. The summed E-state index contributed by atoms with van der Waals surface area (Å²) in [6.45, 7) is 2.83. The number of nitrogens with zero attached hydrogens (tertiary/aromatic N) is 1. The van der Waals surface area contributed by atoms with E-state index in [1.165, 1.54) is 4.88 Å². The molecule has 0 unspecified atom stereocenters. The molecule has 2 aromatic heterocycles. The lowest BCUT2D eigenvalue weighted by molar-refractivity contribution is 0.0948. The van der Waals surface area contributed by atoms with Gasteiger partial charge in [0.1, 0.15) is 16.5 Å². The summed E-state index contributed by atoms with van der Waals surface area (Å²) in [5.41, 5.74) is 2.69. The van der Waals surface area contributed by atoms with Gasteiger partial charge in [0, 0.05) is 11.1 Å². The first-order chi connectivity index (χ1) is 14.7. The first kappa shape index (κ1) is 20.7. The van der Waals surface area contributed by atoms with Crippen molar-refractivity contribution in [1.29, 1.82) is 0 Å². The maximum absolute atomic E-state index is 13.0. The molecule has 4 rings (SSSR count). The Morgan fingerprint density at radius 3 is 2.97 bits per heavy atom. The van der Waals surface area contributed by atoms with Crippen LogP contribution in [-0.2, 0) is 19.4 Å². The smallest absolute Gasteiger partial charge is 0.255 e. The Hall–Kier alpha value is -2.57. The fourth-order valence-electron chi connectivity index (χ4n) is 3.55. The van der Waals surface area contributed by atoms with Crippen molar-refractivity contribution in [2.45, 2.75) is 39.2 Å². The van der Waals surface area contributed by atoms with Gasteiger partial charge in [0.15, 0.2) is 0 Å². The maximum Gasteiger partial charge on any atom is 0.255 e. The first-order valence-corrected chi connectivity index (χ1v) is 11.3. The summed E-state index contributed by atoms with van der Waals surface area (Å²) in [4.78, 5) is 19.0. The highest BCUT2D eigenvalue weighted by atomic mass is 35.5. The van der Waals surface area contributed by atoms with E-state index < -0.39 is 0 Å². The van der Waals surface area contributed by atoms with Crippen molar-refractivity contribution < 1.29 is 13.9 Å². The highest BCUT2D eigenvalue weighted by molar-refractivity contribution is 7.16. The average Bonchev–Trinajstić information content (AvgIpc) is 3.40. The zero-order valence-corrected chi connectivity index (χ0v) is 18.3. The Morgan fingerprint density at radius 1 is 1.33 bits per heavy atom. The largest absolute Gasteiger partial charge is 0.492 e. The van der Waals surface area contributed by atoms with Crippen LogP contribution in [0.3, 0.4) is 0 Å². The maximum atomic E-state index is 13.0. The number of rotatable bonds is 7. The minimum Gasteiger partial charge on any atom is -0.492 e. The molecule has 0 fully saturated rings. The number of hydrogen-bond donors (Lipinski definition) is 1. The quantitative estimate of drug-likeness (QED) is 0.459. The second-order valence-electron chi connectivity index (χ2n) is 7.03. The van der Waals surface area contributed by atoms with E-state index in [2.05, 4.69) is 10.3 Å². The number of halogens is 1. The van der Waals surface area contributed by atoms with E-state index in [0.717, 1.165) is 47.6 Å². The number of benzene rings is 1. The summed E-state index contributed by atoms with van der Waals surface area (Å²) in [5.74, 6) is 1.27. The van der Waals surface area contributed by atoms with Gasteiger partial charge in [-0.3, -0.25) is 4.79 Å². The summed E-state index contributed by atoms with van der Waals surface area (Å²) in [5, 5.41) is 4.25. The van der Waals surface area contributed by atoms with Crippen LogP contribution in [0.15, 0.2) is 46.0 Å². The molecule has 0 saturated carbocycles. The second kappa shape index (κ2) is 9.49. The van der Waals surface area contributed by atoms with Crippen LogP contribution in [0.4, 0.5) is 5.00 Å². The molecule has 1 aliphatic rings. The van der Waals surface area contributed by atoms with Crippen LogP contribution in [0.5, 0.6) is 5.75 Å². The molecular formula is C23H23ClN2O3S. The highest BCUT2D eigenvalue weighted by Crippen LogP contribution is 2.40. The fourth-order valence-corrected chi connectivity index (χ4v) is 5.02. The number of ether oxygens (including phenoxy) is 1. The Balaban J connectivity index is 1.59. The molecule has 0 radical (unpaired) electrons. The summed E-state index contributed by atoms with van der Waals surface area (Å²) in [6.07, 6.45) is 7.52. The number of thiophene rings is 1. The number of nitrogens with one attached hydrogen (secondary N) is 1. The van der Waals surface area contributed by atoms with Crippen LogP contribution in [0.25, 0.3) is 0 Å². The van der Waals surface area contributed by atoms with Crippen LogP contribution < -0.4 is 10.1 Å². The minimum absolute atomic E-state index is 0.109. The predicted molar refractivity (Wildman–Crippen MR) is 121 cm³/mol. The molecule has 0 spiro atoms. The van der Waals surface area contributed by atoms with Crippen LogP contribution in [0.2, 0.25) is 5.02 Å². The standard InChI is InChI=1S/C23H23ClN2O3S/c1-2-28-19-10-9-15(12-18(19)24)13-26-23-21(17-7-3-4-8-20(17)30-23)22(27)25-14-16-6-5-11-29-16/h5-6,9-13H,2-4,7-8,14H2,1H3,(H,25,27). The molecule has 1 amide bonds. The van der Waals surface area contributed by atoms with E-state index >= 15 is 0 Å².